The molecule has 10 nitrogen and oxygen atoms in total. The maximum atomic E-state index is 13.0. The number of H-pyrrole nitrogens is 1. The van der Waals surface area contributed by atoms with Crippen molar-refractivity contribution in [1.29, 1.82) is 0 Å². The normalized spacial score (nSPS) is 11.1. The molecule has 2 aromatic rings. The van der Waals surface area contributed by atoms with Gasteiger partial charge in [0.05, 0.1) is 6.54 Å². The fraction of sp³-hybridized carbons (Fsp3) is 0.520. The van der Waals surface area contributed by atoms with Crippen molar-refractivity contribution in [3.8, 4) is 0 Å². The number of nitrogen functional groups attached to an aromatic ring is 1. The number of benzene rings is 1. The third-order valence-corrected chi connectivity index (χ3v) is 5.44. The van der Waals surface area contributed by atoms with Gasteiger partial charge in [0.1, 0.15) is 11.5 Å². The van der Waals surface area contributed by atoms with E-state index >= 15 is 0 Å². The quantitative estimate of drug-likeness (QED) is 0.446. The van der Waals surface area contributed by atoms with Gasteiger partial charge in [-0.25, -0.2) is 4.79 Å². The molecule has 0 bridgehead atoms. The van der Waals surface area contributed by atoms with Gasteiger partial charge in [0.25, 0.3) is 11.5 Å². The van der Waals surface area contributed by atoms with Gasteiger partial charge in [-0.1, -0.05) is 33.8 Å². The molecule has 0 aliphatic heterocycles. The van der Waals surface area contributed by atoms with E-state index in [-0.39, 0.29) is 41.7 Å². The smallest absolute Gasteiger partial charge is 0.330 e. The summed E-state index contributed by atoms with van der Waals surface area (Å²) in [6, 6.07) is 6.76. The Balaban J connectivity index is 2.33. The van der Waals surface area contributed by atoms with E-state index in [1.54, 1.807) is 34.1 Å². The maximum absolute atomic E-state index is 13.0. The molecule has 35 heavy (non-hydrogen) atoms. The van der Waals surface area contributed by atoms with Crippen LogP contribution in [0.2, 0.25) is 0 Å². The van der Waals surface area contributed by atoms with Crippen molar-refractivity contribution in [2.75, 3.05) is 42.1 Å². The zero-order chi connectivity index (χ0) is 26.3. The minimum absolute atomic E-state index is 0.0349. The highest BCUT2D eigenvalue weighted by molar-refractivity contribution is 5.98. The van der Waals surface area contributed by atoms with Crippen LogP contribution in [0.4, 0.5) is 17.2 Å². The second kappa shape index (κ2) is 12.2. The van der Waals surface area contributed by atoms with E-state index < -0.39 is 11.2 Å². The van der Waals surface area contributed by atoms with E-state index in [1.165, 1.54) is 4.57 Å². The molecule has 1 aromatic carbocycles. The highest BCUT2D eigenvalue weighted by atomic mass is 16.2. The first-order valence-electron chi connectivity index (χ1n) is 12.0. The molecule has 0 atom stereocenters. The molecule has 10 heteroatoms. The minimum atomic E-state index is -0.632. The van der Waals surface area contributed by atoms with Crippen LogP contribution in [-0.2, 0) is 11.3 Å². The summed E-state index contributed by atoms with van der Waals surface area (Å²) in [5.41, 5.74) is 6.12. The van der Waals surface area contributed by atoms with Crippen LogP contribution in [-0.4, -0.2) is 52.4 Å². The Hall–Kier alpha value is -3.56. The van der Waals surface area contributed by atoms with Gasteiger partial charge in [-0.15, -0.1) is 0 Å². The fourth-order valence-corrected chi connectivity index (χ4v) is 3.90. The van der Waals surface area contributed by atoms with Crippen molar-refractivity contribution >= 4 is 29.0 Å². The van der Waals surface area contributed by atoms with Crippen LogP contribution in [0.3, 0.4) is 0 Å². The highest BCUT2D eigenvalue weighted by Gasteiger charge is 2.22. The van der Waals surface area contributed by atoms with E-state index in [0.29, 0.717) is 37.4 Å². The Labute approximate surface area is 206 Å². The molecule has 0 saturated carbocycles. The van der Waals surface area contributed by atoms with Gasteiger partial charge in [-0.05, 0) is 43.9 Å². The zero-order valence-electron chi connectivity index (χ0n) is 21.6. The average Bonchev–Trinajstić information content (AvgIpc) is 2.76. The summed E-state index contributed by atoms with van der Waals surface area (Å²) in [7, 11) is 0. The number of rotatable bonds is 11. The summed E-state index contributed by atoms with van der Waals surface area (Å²) in [6.45, 7) is 13.4. The van der Waals surface area contributed by atoms with Crippen LogP contribution >= 0.6 is 0 Å². The lowest BCUT2D eigenvalue weighted by atomic mass is 10.1. The van der Waals surface area contributed by atoms with Crippen molar-refractivity contribution in [2.24, 2.45) is 11.8 Å². The van der Waals surface area contributed by atoms with Crippen molar-refractivity contribution in [1.82, 2.24) is 14.5 Å². The summed E-state index contributed by atoms with van der Waals surface area (Å²) in [5.74, 6) is -0.213. The Kier molecular flexibility index (Phi) is 9.68. The van der Waals surface area contributed by atoms with Gasteiger partial charge < -0.3 is 20.9 Å². The number of aromatic amines is 1. The van der Waals surface area contributed by atoms with Gasteiger partial charge in [0, 0.05) is 37.4 Å². The molecule has 2 amide bonds. The monoisotopic (exact) mass is 486 g/mol. The molecule has 1 aromatic heterocycles. The van der Waals surface area contributed by atoms with E-state index in [1.807, 2.05) is 41.5 Å². The summed E-state index contributed by atoms with van der Waals surface area (Å²) >= 11 is 0. The molecule has 0 saturated heterocycles. The van der Waals surface area contributed by atoms with Gasteiger partial charge in [0.2, 0.25) is 5.91 Å². The van der Waals surface area contributed by atoms with E-state index in [9.17, 15) is 19.2 Å². The second-order valence-corrected chi connectivity index (χ2v) is 9.38. The van der Waals surface area contributed by atoms with Gasteiger partial charge in [-0.2, -0.15) is 0 Å². The Bertz CT molecular complexity index is 1150. The van der Waals surface area contributed by atoms with Crippen molar-refractivity contribution in [3.05, 3.63) is 50.7 Å². The number of anilines is 3. The van der Waals surface area contributed by atoms with E-state index in [4.69, 9.17) is 5.73 Å². The molecular weight excluding hydrogens is 448 g/mol. The van der Waals surface area contributed by atoms with Crippen LogP contribution in [0.25, 0.3) is 0 Å². The molecule has 1 heterocycles. The Morgan fingerprint density at radius 3 is 2.31 bits per heavy atom. The van der Waals surface area contributed by atoms with Crippen molar-refractivity contribution in [3.63, 3.8) is 0 Å². The van der Waals surface area contributed by atoms with E-state index in [0.717, 1.165) is 0 Å². The lowest BCUT2D eigenvalue weighted by Gasteiger charge is -2.27. The summed E-state index contributed by atoms with van der Waals surface area (Å²) in [5, 5.41) is 2.81. The van der Waals surface area contributed by atoms with Gasteiger partial charge >= 0.3 is 5.69 Å². The number of nitrogens with zero attached hydrogens (tertiary/aromatic N) is 3. The predicted molar refractivity (Wildman–Crippen MR) is 140 cm³/mol. The number of nitrogens with one attached hydrogen (secondary N) is 2. The van der Waals surface area contributed by atoms with Gasteiger partial charge in [0.15, 0.2) is 0 Å². The standard InChI is InChI=1S/C25H38N6O4/c1-7-29(8-2)24(34)18-10-9-11-19(12-18)27-20(32)15-30(13-16(3)4)21-22(26)31(14-17(5)6)25(35)28-23(21)33/h9-12,16-17H,7-8,13-15,26H2,1-6H3,(H,27,32)(H,28,33,35). The second-order valence-electron chi connectivity index (χ2n) is 9.38. The first-order valence-corrected chi connectivity index (χ1v) is 12.0. The van der Waals surface area contributed by atoms with Crippen LogP contribution in [0.5, 0.6) is 0 Å². The molecule has 192 valence electrons. The number of amides is 2. The number of nitrogens with two attached hydrogens (primary N) is 1. The predicted octanol–water partition coefficient (Wildman–Crippen LogP) is 2.36. The lowest BCUT2D eigenvalue weighted by molar-refractivity contribution is -0.115. The van der Waals surface area contributed by atoms with Crippen molar-refractivity contribution < 1.29 is 9.59 Å². The first-order chi connectivity index (χ1) is 16.5. The SMILES string of the molecule is CCN(CC)C(=O)c1cccc(NC(=O)CN(CC(C)C)c2c(N)n(CC(C)C)c(=O)[nH]c2=O)c1. The third-order valence-electron chi connectivity index (χ3n) is 5.44. The minimum Gasteiger partial charge on any atom is -0.383 e. The highest BCUT2D eigenvalue weighted by Crippen LogP contribution is 2.20. The average molecular weight is 487 g/mol. The Morgan fingerprint density at radius 2 is 1.74 bits per heavy atom. The van der Waals surface area contributed by atoms with Crippen molar-refractivity contribution in [2.45, 2.75) is 48.1 Å². The first kappa shape index (κ1) is 27.7. The van der Waals surface area contributed by atoms with Crippen LogP contribution in [0.15, 0.2) is 33.9 Å². The zero-order valence-corrected chi connectivity index (χ0v) is 21.6. The van der Waals surface area contributed by atoms with Crippen LogP contribution in [0, 0.1) is 11.8 Å². The number of aromatic nitrogens is 2. The third kappa shape index (κ3) is 7.21. The summed E-state index contributed by atoms with van der Waals surface area (Å²) < 4.78 is 1.33. The molecule has 4 N–H and O–H groups in total. The number of hydrogen-bond donors (Lipinski definition) is 3. The summed E-state index contributed by atoms with van der Waals surface area (Å²) in [4.78, 5) is 56.3. The molecule has 0 aliphatic rings. The largest absolute Gasteiger partial charge is 0.383 e. The molecule has 2 rings (SSSR count). The number of carbonyl (C=O) groups excluding carboxylic acids is 2. The molecule has 0 radical (unpaired) electrons. The van der Waals surface area contributed by atoms with E-state index in [2.05, 4.69) is 10.3 Å². The van der Waals surface area contributed by atoms with Crippen LogP contribution in [0.1, 0.15) is 51.9 Å². The Morgan fingerprint density at radius 1 is 1.09 bits per heavy atom. The molecule has 0 unspecified atom stereocenters. The molecule has 0 spiro atoms. The number of carbonyl (C=O) groups is 2. The molecular formula is C25H38N6O4. The molecule has 0 aliphatic carbocycles. The van der Waals surface area contributed by atoms with Gasteiger partial charge in [-0.3, -0.25) is 23.9 Å². The topological polar surface area (TPSA) is 134 Å². The van der Waals surface area contributed by atoms with Crippen LogP contribution < -0.4 is 27.2 Å². The lowest BCUT2D eigenvalue weighted by Crippen LogP contribution is -2.43. The summed E-state index contributed by atoms with van der Waals surface area (Å²) in [6.07, 6.45) is 0. The maximum Gasteiger partial charge on any atom is 0.330 e. The fourth-order valence-electron chi connectivity index (χ4n) is 3.90. The molecule has 0 fully saturated rings. The number of hydrogen-bond acceptors (Lipinski definition) is 6.